The lowest BCUT2D eigenvalue weighted by Crippen LogP contribution is -2.44. The predicted molar refractivity (Wildman–Crippen MR) is 144 cm³/mol. The Morgan fingerprint density at radius 3 is 2.89 bits per heavy atom. The maximum absolute atomic E-state index is 14.9. The van der Waals surface area contributed by atoms with Crippen molar-refractivity contribution >= 4 is 57.4 Å². The van der Waals surface area contributed by atoms with E-state index in [4.69, 9.17) is 16.3 Å². The highest BCUT2D eigenvalue weighted by molar-refractivity contribution is 8.00. The van der Waals surface area contributed by atoms with E-state index in [9.17, 15) is 13.6 Å². The third-order valence-corrected chi connectivity index (χ3v) is 8.54. The van der Waals surface area contributed by atoms with Crippen LogP contribution in [0.4, 0.5) is 31.9 Å². The molecule has 12 heteroatoms. The molecule has 0 amide bonds. The maximum atomic E-state index is 14.9. The van der Waals surface area contributed by atoms with E-state index in [1.807, 2.05) is 11.8 Å². The molecule has 2 aromatic heterocycles. The molecule has 0 unspecified atom stereocenters. The monoisotopic (exact) mass is 548 g/mol. The van der Waals surface area contributed by atoms with Gasteiger partial charge in [-0.2, -0.15) is 16.7 Å². The average molecular weight is 549 g/mol. The van der Waals surface area contributed by atoms with E-state index in [0.29, 0.717) is 44.3 Å². The maximum Gasteiger partial charge on any atom is 0.301 e. The molecule has 0 radical (unpaired) electrons. The number of halogens is 3. The summed E-state index contributed by atoms with van der Waals surface area (Å²) in [7, 11) is 1.61. The molecule has 2 atom stereocenters. The summed E-state index contributed by atoms with van der Waals surface area (Å²) in [5.74, 6) is -1.29. The third-order valence-electron chi connectivity index (χ3n) is 7.13. The highest BCUT2D eigenvalue weighted by atomic mass is 35.5. The summed E-state index contributed by atoms with van der Waals surface area (Å²) >= 11 is 8.36. The largest absolute Gasteiger partial charge is 0.480 e. The van der Waals surface area contributed by atoms with Gasteiger partial charge in [0.25, 0.3) is 5.56 Å². The first kappa shape index (κ1) is 24.5. The fourth-order valence-corrected chi connectivity index (χ4v) is 6.17. The van der Waals surface area contributed by atoms with Crippen molar-refractivity contribution in [3.63, 3.8) is 0 Å². The minimum absolute atomic E-state index is 0.0885. The molecule has 0 spiro atoms. The summed E-state index contributed by atoms with van der Waals surface area (Å²) in [4.78, 5) is 24.2. The van der Waals surface area contributed by atoms with Gasteiger partial charge in [0.1, 0.15) is 5.02 Å². The van der Waals surface area contributed by atoms with Gasteiger partial charge in [0.15, 0.2) is 12.4 Å². The zero-order valence-corrected chi connectivity index (χ0v) is 22.0. The molecule has 4 heterocycles. The van der Waals surface area contributed by atoms with Crippen LogP contribution in [0.2, 0.25) is 5.02 Å². The molecule has 1 saturated carbocycles. The van der Waals surface area contributed by atoms with Crippen LogP contribution in [0.1, 0.15) is 19.8 Å². The zero-order chi connectivity index (χ0) is 25.9. The molecule has 6 rings (SSSR count). The van der Waals surface area contributed by atoms with E-state index in [1.54, 1.807) is 31.4 Å². The SMILES string of the molecule is C[C@@H]1CN(c2ncc(Cl)c(Nc3ccc4c(c3)c3c(c(=O)n4C)OCC(F)(F)[C@H](C4CC4)N3)n2)CCS1. The molecule has 8 nitrogen and oxygen atoms in total. The lowest BCUT2D eigenvalue weighted by Gasteiger charge is -2.30. The number of ether oxygens (including phenoxy) is 1. The Hall–Kier alpha value is -2.79. The van der Waals surface area contributed by atoms with Crippen LogP contribution in [-0.2, 0) is 7.05 Å². The topological polar surface area (TPSA) is 84.3 Å². The van der Waals surface area contributed by atoms with Crippen LogP contribution in [0.25, 0.3) is 10.9 Å². The van der Waals surface area contributed by atoms with Gasteiger partial charge in [0.05, 0.1) is 23.4 Å². The minimum Gasteiger partial charge on any atom is -0.480 e. The van der Waals surface area contributed by atoms with Gasteiger partial charge in [-0.05, 0) is 37.0 Å². The van der Waals surface area contributed by atoms with Crippen molar-refractivity contribution in [3.05, 3.63) is 39.8 Å². The van der Waals surface area contributed by atoms with E-state index >= 15 is 0 Å². The number of rotatable bonds is 4. The lowest BCUT2D eigenvalue weighted by atomic mass is 10.0. The molecule has 1 aromatic carbocycles. The van der Waals surface area contributed by atoms with Gasteiger partial charge in [0.2, 0.25) is 11.7 Å². The van der Waals surface area contributed by atoms with Crippen LogP contribution < -0.4 is 25.8 Å². The third kappa shape index (κ3) is 4.56. The standard InChI is InChI=1S/C25H27ClF2N6O2S/c1-13-11-34(7-8-37-13)24-29-10-17(26)22(32-24)30-15-5-6-18-16(9-15)19-20(23(35)33(18)2)36-12-25(27,28)21(31-19)14-3-4-14/h5-6,9-10,13-14,21,31H,3-4,7-8,11-12H2,1-2H3,(H,29,30,32)/t13-,21+/m1/s1. The summed E-state index contributed by atoms with van der Waals surface area (Å²) in [5.41, 5.74) is 1.08. The fourth-order valence-electron chi connectivity index (χ4n) is 5.02. The Morgan fingerprint density at radius 2 is 2.14 bits per heavy atom. The van der Waals surface area contributed by atoms with Gasteiger partial charge >= 0.3 is 5.92 Å². The van der Waals surface area contributed by atoms with Crippen LogP contribution >= 0.6 is 23.4 Å². The summed E-state index contributed by atoms with van der Waals surface area (Å²) in [6, 6.07) is 4.28. The number of nitrogens with one attached hydrogen (secondary N) is 2. The number of aromatic nitrogens is 3. The zero-order valence-electron chi connectivity index (χ0n) is 20.4. The number of pyridine rings is 1. The minimum atomic E-state index is -3.09. The first-order chi connectivity index (χ1) is 17.7. The van der Waals surface area contributed by atoms with Crippen molar-refractivity contribution in [2.75, 3.05) is 41.0 Å². The molecule has 1 aliphatic carbocycles. The highest BCUT2D eigenvalue weighted by Crippen LogP contribution is 2.45. The molecule has 1 saturated heterocycles. The van der Waals surface area contributed by atoms with Gasteiger partial charge in [-0.1, -0.05) is 18.5 Å². The Morgan fingerprint density at radius 1 is 1.32 bits per heavy atom. The van der Waals surface area contributed by atoms with Crippen molar-refractivity contribution in [3.8, 4) is 5.75 Å². The van der Waals surface area contributed by atoms with Crippen LogP contribution in [0.5, 0.6) is 5.75 Å². The molecule has 2 N–H and O–H groups in total. The van der Waals surface area contributed by atoms with Gasteiger partial charge in [-0.25, -0.2) is 13.8 Å². The van der Waals surface area contributed by atoms with Crippen molar-refractivity contribution in [1.29, 1.82) is 0 Å². The Kier molecular flexibility index (Phi) is 6.10. The Bertz CT molecular complexity index is 1430. The van der Waals surface area contributed by atoms with E-state index in [-0.39, 0.29) is 11.7 Å². The number of anilines is 4. The second-order valence-corrected chi connectivity index (χ2v) is 11.9. The molecule has 37 heavy (non-hydrogen) atoms. The first-order valence-electron chi connectivity index (χ1n) is 12.3. The van der Waals surface area contributed by atoms with Gasteiger partial charge < -0.3 is 24.8 Å². The average Bonchev–Trinajstić information content (AvgIpc) is 3.71. The molecule has 2 aliphatic heterocycles. The van der Waals surface area contributed by atoms with Crippen LogP contribution in [0, 0.1) is 5.92 Å². The smallest absolute Gasteiger partial charge is 0.301 e. The van der Waals surface area contributed by atoms with Gasteiger partial charge in [0, 0.05) is 42.2 Å². The second-order valence-electron chi connectivity index (χ2n) is 9.93. The number of thioether (sulfide) groups is 1. The van der Waals surface area contributed by atoms with E-state index in [0.717, 1.165) is 31.7 Å². The predicted octanol–water partition coefficient (Wildman–Crippen LogP) is 4.89. The van der Waals surface area contributed by atoms with Crippen molar-refractivity contribution in [1.82, 2.24) is 14.5 Å². The highest BCUT2D eigenvalue weighted by Gasteiger charge is 2.51. The fraction of sp³-hybridized carbons (Fsp3) is 0.480. The lowest BCUT2D eigenvalue weighted by molar-refractivity contribution is -0.0579. The van der Waals surface area contributed by atoms with E-state index < -0.39 is 24.1 Å². The first-order valence-corrected chi connectivity index (χ1v) is 13.7. The molecular weight excluding hydrogens is 522 g/mol. The summed E-state index contributed by atoms with van der Waals surface area (Å²) < 4.78 is 36.7. The van der Waals surface area contributed by atoms with Gasteiger partial charge in [-0.15, -0.1) is 0 Å². The van der Waals surface area contributed by atoms with Crippen molar-refractivity contribution in [2.45, 2.75) is 37.0 Å². The number of hydrogen-bond acceptors (Lipinski definition) is 8. The molecule has 0 bridgehead atoms. The van der Waals surface area contributed by atoms with E-state index in [1.165, 1.54) is 4.57 Å². The number of hydrogen-bond donors (Lipinski definition) is 2. The number of benzene rings is 1. The number of aryl methyl sites for hydroxylation is 1. The molecule has 2 fully saturated rings. The summed E-state index contributed by atoms with van der Waals surface area (Å²) in [6.07, 6.45) is 3.02. The number of alkyl halides is 2. The Balaban J connectivity index is 1.39. The molecule has 3 aromatic rings. The van der Waals surface area contributed by atoms with Crippen LogP contribution in [-0.4, -0.2) is 57.2 Å². The second kappa shape index (κ2) is 9.20. The summed E-state index contributed by atoms with van der Waals surface area (Å²) in [6.45, 7) is 3.05. The van der Waals surface area contributed by atoms with Crippen LogP contribution in [0.3, 0.4) is 0 Å². The summed E-state index contributed by atoms with van der Waals surface area (Å²) in [5, 5.41) is 7.69. The molecule has 3 aliphatic rings. The quantitative estimate of drug-likeness (QED) is 0.477. The molecular formula is C25H27ClF2N6O2S. The Labute approximate surface area is 221 Å². The normalized spacial score (nSPS) is 23.1. The molecule has 196 valence electrons. The van der Waals surface area contributed by atoms with Crippen LogP contribution in [0.15, 0.2) is 29.2 Å². The van der Waals surface area contributed by atoms with Crippen molar-refractivity contribution < 1.29 is 13.5 Å². The number of fused-ring (bicyclic) bond motifs is 3. The van der Waals surface area contributed by atoms with E-state index in [2.05, 4.69) is 32.4 Å². The number of nitrogens with zero attached hydrogens (tertiary/aromatic N) is 4. The van der Waals surface area contributed by atoms with Gasteiger partial charge in [-0.3, -0.25) is 4.79 Å². The van der Waals surface area contributed by atoms with Crippen molar-refractivity contribution in [2.24, 2.45) is 13.0 Å².